The molecule has 0 atom stereocenters. The van der Waals surface area contributed by atoms with Gasteiger partial charge < -0.3 is 35.8 Å². The number of carbonyl (C=O) groups excluding carboxylic acids is 2. The van der Waals surface area contributed by atoms with Crippen LogP contribution in [-0.2, 0) is 28.2 Å². The molecule has 6 N–H and O–H groups in total. The Hall–Kier alpha value is -4.20. The lowest BCUT2D eigenvalue weighted by atomic mass is 9.76. The molecule has 0 bridgehead atoms. The van der Waals surface area contributed by atoms with Crippen LogP contribution in [0.3, 0.4) is 0 Å². The van der Waals surface area contributed by atoms with Gasteiger partial charge in [0.2, 0.25) is 11.9 Å². The SMILES string of the molecule is COc1cc(CP(=O)(O)O)ccc1Nc1ncc(C(F)(F)F)c(Nc2ccc(C3CCC(C(N)=O)CC3)c3c2C(=O)N(C)C3)n1. The number of ether oxygens (including phenoxy) is 1. The molecular formula is C29H32F3N6O6P. The van der Waals surface area contributed by atoms with Crippen molar-refractivity contribution >= 4 is 42.6 Å². The number of benzene rings is 2. The summed E-state index contributed by atoms with van der Waals surface area (Å²) in [6.07, 6.45) is -2.08. The van der Waals surface area contributed by atoms with Crippen molar-refractivity contribution in [1.29, 1.82) is 0 Å². The summed E-state index contributed by atoms with van der Waals surface area (Å²) < 4.78 is 58.9. The van der Waals surface area contributed by atoms with Crippen LogP contribution < -0.4 is 21.1 Å². The van der Waals surface area contributed by atoms with E-state index in [9.17, 15) is 37.1 Å². The van der Waals surface area contributed by atoms with Gasteiger partial charge in [-0.1, -0.05) is 12.1 Å². The highest BCUT2D eigenvalue weighted by Crippen LogP contribution is 2.44. The Kier molecular flexibility index (Phi) is 8.80. The molecule has 1 aromatic heterocycles. The number of amides is 2. The third kappa shape index (κ3) is 7.05. The lowest BCUT2D eigenvalue weighted by Crippen LogP contribution is -2.27. The van der Waals surface area contributed by atoms with Gasteiger partial charge in [0.1, 0.15) is 17.1 Å². The van der Waals surface area contributed by atoms with Crippen molar-refractivity contribution < 1.29 is 41.8 Å². The van der Waals surface area contributed by atoms with Crippen LogP contribution in [0.25, 0.3) is 0 Å². The largest absolute Gasteiger partial charge is 0.495 e. The van der Waals surface area contributed by atoms with Crippen molar-refractivity contribution in [1.82, 2.24) is 14.9 Å². The number of nitrogens with two attached hydrogens (primary N) is 1. The Morgan fingerprint density at radius 1 is 1.13 bits per heavy atom. The van der Waals surface area contributed by atoms with E-state index in [1.807, 2.05) is 0 Å². The smallest absolute Gasteiger partial charge is 0.421 e. The Morgan fingerprint density at radius 2 is 1.82 bits per heavy atom. The number of anilines is 4. The molecule has 2 aromatic carbocycles. The number of halogens is 3. The highest BCUT2D eigenvalue weighted by atomic mass is 31.2. The molecule has 240 valence electrons. The maximum Gasteiger partial charge on any atom is 0.421 e. The molecule has 1 fully saturated rings. The van der Waals surface area contributed by atoms with Gasteiger partial charge in [0.15, 0.2) is 0 Å². The van der Waals surface area contributed by atoms with Gasteiger partial charge in [0.05, 0.1) is 30.2 Å². The van der Waals surface area contributed by atoms with Gasteiger partial charge in [-0.3, -0.25) is 14.2 Å². The zero-order chi connectivity index (χ0) is 32.7. The van der Waals surface area contributed by atoms with E-state index < -0.39 is 31.3 Å². The first-order chi connectivity index (χ1) is 21.1. The summed E-state index contributed by atoms with van der Waals surface area (Å²) in [6.45, 7) is 0.287. The maximum absolute atomic E-state index is 14.1. The van der Waals surface area contributed by atoms with E-state index in [1.54, 1.807) is 19.2 Å². The molecule has 45 heavy (non-hydrogen) atoms. The van der Waals surface area contributed by atoms with Crippen LogP contribution in [0, 0.1) is 5.92 Å². The third-order valence-electron chi connectivity index (χ3n) is 8.12. The molecule has 12 nitrogen and oxygen atoms in total. The van der Waals surface area contributed by atoms with Crippen molar-refractivity contribution in [3.8, 4) is 5.75 Å². The van der Waals surface area contributed by atoms with Gasteiger partial charge in [-0.25, -0.2) is 4.98 Å². The van der Waals surface area contributed by atoms with E-state index in [0.717, 1.165) is 11.1 Å². The molecular weight excluding hydrogens is 616 g/mol. The van der Waals surface area contributed by atoms with Gasteiger partial charge in [-0.15, -0.1) is 0 Å². The Balaban J connectivity index is 1.48. The van der Waals surface area contributed by atoms with E-state index in [0.29, 0.717) is 31.9 Å². The summed E-state index contributed by atoms with van der Waals surface area (Å²) in [4.78, 5) is 52.9. The Morgan fingerprint density at radius 3 is 2.44 bits per heavy atom. The van der Waals surface area contributed by atoms with Crippen LogP contribution in [0.5, 0.6) is 5.75 Å². The highest BCUT2D eigenvalue weighted by Gasteiger charge is 2.38. The summed E-state index contributed by atoms with van der Waals surface area (Å²) in [5, 5.41) is 5.53. The minimum atomic E-state index is -4.83. The molecule has 1 saturated carbocycles. The van der Waals surface area contributed by atoms with Gasteiger partial charge >= 0.3 is 13.8 Å². The lowest BCUT2D eigenvalue weighted by Gasteiger charge is -2.28. The fourth-order valence-corrected chi connectivity index (χ4v) is 6.59. The van der Waals surface area contributed by atoms with Crippen molar-refractivity contribution in [2.75, 3.05) is 24.8 Å². The van der Waals surface area contributed by atoms with Crippen LogP contribution in [-0.4, -0.2) is 50.6 Å². The monoisotopic (exact) mass is 648 g/mol. The number of rotatable bonds is 9. The number of fused-ring (bicyclic) bond motifs is 1. The second-order valence-electron chi connectivity index (χ2n) is 11.2. The Bertz CT molecular complexity index is 1690. The number of nitrogens with one attached hydrogen (secondary N) is 2. The van der Waals surface area contributed by atoms with E-state index >= 15 is 0 Å². The number of aromatic nitrogens is 2. The average Bonchev–Trinajstić information content (AvgIpc) is 3.26. The van der Waals surface area contributed by atoms with Crippen LogP contribution in [0.2, 0.25) is 0 Å². The van der Waals surface area contributed by atoms with Gasteiger partial charge in [0.25, 0.3) is 5.91 Å². The van der Waals surface area contributed by atoms with Crippen molar-refractivity contribution in [3.05, 3.63) is 64.3 Å². The summed E-state index contributed by atoms with van der Waals surface area (Å²) >= 11 is 0. The third-order valence-corrected chi connectivity index (χ3v) is 8.90. The topological polar surface area (TPSA) is 180 Å². The van der Waals surface area contributed by atoms with Crippen molar-refractivity contribution in [2.45, 2.75) is 50.5 Å². The number of hydrogen-bond donors (Lipinski definition) is 5. The van der Waals surface area contributed by atoms with E-state index in [2.05, 4.69) is 20.6 Å². The fourth-order valence-electron chi connectivity index (χ4n) is 5.92. The maximum atomic E-state index is 14.1. The molecule has 1 aliphatic carbocycles. The summed E-state index contributed by atoms with van der Waals surface area (Å²) in [6, 6.07) is 7.64. The Labute approximate surface area is 256 Å². The second-order valence-corrected chi connectivity index (χ2v) is 12.9. The molecule has 2 aliphatic rings. The lowest BCUT2D eigenvalue weighted by molar-refractivity contribution is -0.137. The molecule has 3 aromatic rings. The number of nitrogens with zero attached hydrogens (tertiary/aromatic N) is 3. The molecule has 16 heteroatoms. The zero-order valence-electron chi connectivity index (χ0n) is 24.4. The minimum absolute atomic E-state index is 0.0753. The van der Waals surface area contributed by atoms with Crippen LogP contribution in [0.1, 0.15) is 64.2 Å². The molecule has 0 spiro atoms. The highest BCUT2D eigenvalue weighted by molar-refractivity contribution is 7.50. The number of carbonyl (C=O) groups is 2. The van der Waals surface area contributed by atoms with E-state index in [4.69, 9.17) is 10.5 Å². The summed E-state index contributed by atoms with van der Waals surface area (Å²) in [5.74, 6) is -1.45. The van der Waals surface area contributed by atoms with Gasteiger partial charge in [0, 0.05) is 25.7 Å². The zero-order valence-corrected chi connectivity index (χ0v) is 25.3. The predicted molar refractivity (Wildman–Crippen MR) is 158 cm³/mol. The van der Waals surface area contributed by atoms with Gasteiger partial charge in [-0.05, 0) is 66.5 Å². The number of alkyl halides is 3. The molecule has 0 unspecified atom stereocenters. The van der Waals surface area contributed by atoms with E-state index in [-0.39, 0.29) is 64.4 Å². The van der Waals surface area contributed by atoms with E-state index in [1.165, 1.54) is 30.2 Å². The second kappa shape index (κ2) is 12.3. The quantitative estimate of drug-likeness (QED) is 0.198. The number of methoxy groups -OCH3 is 1. The van der Waals surface area contributed by atoms with Crippen LogP contribution in [0.4, 0.5) is 36.3 Å². The van der Waals surface area contributed by atoms with Crippen LogP contribution >= 0.6 is 7.60 Å². The molecule has 2 heterocycles. The van der Waals surface area contributed by atoms with Crippen LogP contribution in [0.15, 0.2) is 36.5 Å². The molecule has 2 amide bonds. The summed E-state index contributed by atoms with van der Waals surface area (Å²) in [7, 11) is -1.41. The molecule has 0 radical (unpaired) electrons. The number of hydrogen-bond acceptors (Lipinski definition) is 8. The summed E-state index contributed by atoms with van der Waals surface area (Å²) in [5.41, 5.74) is 6.91. The molecule has 1 aliphatic heterocycles. The van der Waals surface area contributed by atoms with Gasteiger partial charge in [-0.2, -0.15) is 18.2 Å². The predicted octanol–water partition coefficient (Wildman–Crippen LogP) is 5.01. The first kappa shape index (κ1) is 32.2. The van der Waals surface area contributed by atoms with Crippen molar-refractivity contribution in [2.24, 2.45) is 11.7 Å². The fraction of sp³-hybridized carbons (Fsp3) is 0.379. The molecule has 5 rings (SSSR count). The number of primary amides is 1. The van der Waals surface area contributed by atoms with Crippen molar-refractivity contribution in [3.63, 3.8) is 0 Å². The average molecular weight is 649 g/mol. The first-order valence-corrected chi connectivity index (χ1v) is 15.8. The normalized spacial score (nSPS) is 18.5. The first-order valence-electron chi connectivity index (χ1n) is 14.0. The molecule has 0 saturated heterocycles. The minimum Gasteiger partial charge on any atom is -0.495 e. The standard InChI is InChI=1S/C29H32F3N6O6P/c1-38-13-19-18(16-4-6-17(7-5-16)25(33)39)8-10-22(24(19)27(38)40)35-26-20(29(30,31)32)12-34-28(37-26)36-21-9-3-15(11-23(21)44-2)14-45(41,42)43/h3,8-12,16-17H,4-7,13-14H2,1-2H3,(H2,33,39)(H2,41,42,43)(H2,34,35,36,37).